The Morgan fingerprint density at radius 1 is 1.21 bits per heavy atom. The minimum atomic E-state index is -0.298. The van der Waals surface area contributed by atoms with Gasteiger partial charge in [0.25, 0.3) is 0 Å². The maximum atomic E-state index is 11.5. The van der Waals surface area contributed by atoms with Crippen LogP contribution in [-0.4, -0.2) is 13.1 Å². The summed E-state index contributed by atoms with van der Waals surface area (Å²) in [6, 6.07) is 16.3. The van der Waals surface area contributed by atoms with Gasteiger partial charge in [0.2, 0.25) is 0 Å². The first-order valence-electron chi connectivity index (χ1n) is 6.30. The fourth-order valence-corrected chi connectivity index (χ4v) is 2.48. The van der Waals surface area contributed by atoms with Crippen molar-refractivity contribution in [2.75, 3.05) is 12.4 Å². The van der Waals surface area contributed by atoms with Crippen LogP contribution in [0.2, 0.25) is 0 Å². The van der Waals surface area contributed by atoms with E-state index in [0.29, 0.717) is 5.56 Å². The molecule has 0 fully saturated rings. The van der Waals surface area contributed by atoms with Crippen molar-refractivity contribution in [1.29, 1.82) is 0 Å². The predicted octanol–water partition coefficient (Wildman–Crippen LogP) is 3.18. The molecule has 0 aromatic heterocycles. The van der Waals surface area contributed by atoms with E-state index in [2.05, 4.69) is 17.4 Å². The van der Waals surface area contributed by atoms with Crippen LogP contribution in [0.25, 0.3) is 0 Å². The van der Waals surface area contributed by atoms with Gasteiger partial charge in [-0.15, -0.1) is 0 Å². The maximum absolute atomic E-state index is 11.5. The Morgan fingerprint density at radius 2 is 2.00 bits per heavy atom. The van der Waals surface area contributed by atoms with Crippen molar-refractivity contribution < 1.29 is 9.53 Å². The second-order valence-corrected chi connectivity index (χ2v) is 4.68. The van der Waals surface area contributed by atoms with Crippen molar-refractivity contribution in [3.8, 4) is 0 Å². The molecule has 1 unspecified atom stereocenters. The van der Waals surface area contributed by atoms with E-state index in [1.807, 2.05) is 36.4 Å². The van der Waals surface area contributed by atoms with Crippen LogP contribution in [-0.2, 0) is 11.2 Å². The van der Waals surface area contributed by atoms with E-state index >= 15 is 0 Å². The smallest absolute Gasteiger partial charge is 0.337 e. The lowest BCUT2D eigenvalue weighted by Crippen LogP contribution is -2.05. The van der Waals surface area contributed by atoms with Crippen LogP contribution < -0.4 is 5.32 Å². The summed E-state index contributed by atoms with van der Waals surface area (Å²) in [5.74, 6) is -0.298. The fraction of sp³-hybridized carbons (Fsp3) is 0.188. The highest BCUT2D eigenvalue weighted by molar-refractivity contribution is 5.91. The summed E-state index contributed by atoms with van der Waals surface area (Å²) in [7, 11) is 1.40. The van der Waals surface area contributed by atoms with Crippen LogP contribution in [0.4, 0.5) is 5.69 Å². The number of hydrogen-bond acceptors (Lipinski definition) is 3. The number of methoxy groups -OCH3 is 1. The van der Waals surface area contributed by atoms with Crippen molar-refractivity contribution in [2.45, 2.75) is 12.5 Å². The highest BCUT2D eigenvalue weighted by Crippen LogP contribution is 2.34. The summed E-state index contributed by atoms with van der Waals surface area (Å²) in [5, 5.41) is 3.46. The summed E-state index contributed by atoms with van der Waals surface area (Å²) in [6.07, 6.45) is 0.945. The Bertz CT molecular complexity index is 607. The molecule has 0 amide bonds. The molecule has 3 heteroatoms. The highest BCUT2D eigenvalue weighted by atomic mass is 16.5. The Morgan fingerprint density at radius 3 is 2.74 bits per heavy atom. The third-order valence-corrected chi connectivity index (χ3v) is 3.49. The Kier molecular flexibility index (Phi) is 2.95. The lowest BCUT2D eigenvalue weighted by atomic mass is 10.0. The van der Waals surface area contributed by atoms with E-state index in [1.165, 1.54) is 18.2 Å². The minimum absolute atomic E-state index is 0.282. The van der Waals surface area contributed by atoms with E-state index in [1.54, 1.807) is 0 Å². The number of rotatable bonds is 2. The molecule has 1 N–H and O–H groups in total. The zero-order chi connectivity index (χ0) is 13.2. The zero-order valence-electron chi connectivity index (χ0n) is 10.7. The maximum Gasteiger partial charge on any atom is 0.337 e. The standard InChI is InChI=1S/C16H15NO2/c1-19-16(18)13-8-7-12-9-14(17-15(12)10-13)11-5-3-2-4-6-11/h2-8,10,14,17H,9H2,1H3. The number of ether oxygens (including phenoxy) is 1. The average Bonchev–Trinajstić information content (AvgIpc) is 2.90. The normalized spacial score (nSPS) is 16.6. The van der Waals surface area contributed by atoms with Gasteiger partial charge in [-0.1, -0.05) is 36.4 Å². The molecule has 0 aliphatic carbocycles. The van der Waals surface area contributed by atoms with Crippen LogP contribution in [0.1, 0.15) is 27.5 Å². The Hall–Kier alpha value is -2.29. The van der Waals surface area contributed by atoms with Crippen molar-refractivity contribution in [1.82, 2.24) is 0 Å². The number of anilines is 1. The van der Waals surface area contributed by atoms with Gasteiger partial charge in [-0.25, -0.2) is 4.79 Å². The second-order valence-electron chi connectivity index (χ2n) is 4.68. The van der Waals surface area contributed by atoms with Gasteiger partial charge in [-0.05, 0) is 29.7 Å². The van der Waals surface area contributed by atoms with Crippen LogP contribution in [0.3, 0.4) is 0 Å². The number of nitrogens with one attached hydrogen (secondary N) is 1. The molecule has 0 saturated heterocycles. The van der Waals surface area contributed by atoms with Crippen molar-refractivity contribution in [2.24, 2.45) is 0 Å². The summed E-state index contributed by atoms with van der Waals surface area (Å²) in [6.45, 7) is 0. The first-order chi connectivity index (χ1) is 9.28. The average molecular weight is 253 g/mol. The van der Waals surface area contributed by atoms with Gasteiger partial charge in [0.1, 0.15) is 0 Å². The summed E-state index contributed by atoms with van der Waals surface area (Å²) < 4.78 is 4.74. The predicted molar refractivity (Wildman–Crippen MR) is 74.3 cm³/mol. The molecule has 1 aliphatic rings. The van der Waals surface area contributed by atoms with Crippen LogP contribution in [0, 0.1) is 0 Å². The van der Waals surface area contributed by atoms with Crippen LogP contribution in [0.5, 0.6) is 0 Å². The van der Waals surface area contributed by atoms with E-state index in [9.17, 15) is 4.79 Å². The largest absolute Gasteiger partial charge is 0.465 e. The monoisotopic (exact) mass is 253 g/mol. The fourth-order valence-electron chi connectivity index (χ4n) is 2.48. The second kappa shape index (κ2) is 4.76. The van der Waals surface area contributed by atoms with Gasteiger partial charge in [0.15, 0.2) is 0 Å². The molecule has 2 aromatic carbocycles. The highest BCUT2D eigenvalue weighted by Gasteiger charge is 2.22. The Balaban J connectivity index is 1.86. The molecule has 0 bridgehead atoms. The molecule has 19 heavy (non-hydrogen) atoms. The molecule has 0 spiro atoms. The van der Waals surface area contributed by atoms with Crippen LogP contribution in [0.15, 0.2) is 48.5 Å². The summed E-state index contributed by atoms with van der Waals surface area (Å²) in [4.78, 5) is 11.5. The third kappa shape index (κ3) is 2.19. The van der Waals surface area contributed by atoms with Crippen molar-refractivity contribution in [3.63, 3.8) is 0 Å². The van der Waals surface area contributed by atoms with Gasteiger partial charge >= 0.3 is 5.97 Å². The quantitative estimate of drug-likeness (QED) is 0.835. The molecular formula is C16H15NO2. The first kappa shape index (κ1) is 11.8. The van der Waals surface area contributed by atoms with Gasteiger partial charge in [0, 0.05) is 5.69 Å². The molecule has 1 heterocycles. The molecule has 3 nitrogen and oxygen atoms in total. The third-order valence-electron chi connectivity index (χ3n) is 3.49. The van der Waals surface area contributed by atoms with Crippen molar-refractivity contribution in [3.05, 3.63) is 65.2 Å². The summed E-state index contributed by atoms with van der Waals surface area (Å²) in [5.41, 5.74) is 4.11. The topological polar surface area (TPSA) is 38.3 Å². The molecule has 2 aromatic rings. The Labute approximate surface area is 112 Å². The summed E-state index contributed by atoms with van der Waals surface area (Å²) >= 11 is 0. The number of carbonyl (C=O) groups is 1. The SMILES string of the molecule is COC(=O)c1ccc2c(c1)NC(c1ccccc1)C2. The van der Waals surface area contributed by atoms with E-state index in [0.717, 1.165) is 12.1 Å². The molecule has 3 rings (SSSR count). The lowest BCUT2D eigenvalue weighted by molar-refractivity contribution is 0.0601. The van der Waals surface area contributed by atoms with Gasteiger partial charge < -0.3 is 10.1 Å². The molecule has 96 valence electrons. The molecule has 1 aliphatic heterocycles. The lowest BCUT2D eigenvalue weighted by Gasteiger charge is -2.11. The number of hydrogen-bond donors (Lipinski definition) is 1. The van der Waals surface area contributed by atoms with E-state index < -0.39 is 0 Å². The number of carbonyl (C=O) groups excluding carboxylic acids is 1. The zero-order valence-corrected chi connectivity index (χ0v) is 10.7. The number of benzene rings is 2. The van der Waals surface area contributed by atoms with Crippen LogP contribution >= 0.6 is 0 Å². The number of esters is 1. The van der Waals surface area contributed by atoms with Gasteiger partial charge in [-0.2, -0.15) is 0 Å². The van der Waals surface area contributed by atoms with E-state index in [4.69, 9.17) is 4.74 Å². The molecule has 0 saturated carbocycles. The number of fused-ring (bicyclic) bond motifs is 1. The molecular weight excluding hydrogens is 238 g/mol. The first-order valence-corrected chi connectivity index (χ1v) is 6.30. The van der Waals surface area contributed by atoms with Gasteiger partial charge in [0.05, 0.1) is 18.7 Å². The van der Waals surface area contributed by atoms with E-state index in [-0.39, 0.29) is 12.0 Å². The minimum Gasteiger partial charge on any atom is -0.465 e. The molecule has 0 radical (unpaired) electrons. The van der Waals surface area contributed by atoms with Crippen molar-refractivity contribution >= 4 is 11.7 Å². The molecule has 1 atom stereocenters. The van der Waals surface area contributed by atoms with Gasteiger partial charge in [-0.3, -0.25) is 0 Å².